The molecule has 0 aliphatic rings. The second kappa shape index (κ2) is 12.0. The largest absolute Gasteiger partial charge is 0.218 e. The molecule has 0 fully saturated rings. The van der Waals surface area contributed by atoms with E-state index in [-0.39, 0.29) is 0 Å². The molecule has 0 aromatic heterocycles. The molecule has 0 saturated carbocycles. The van der Waals surface area contributed by atoms with Crippen LogP contribution in [0.2, 0.25) is 6.82 Å². The van der Waals surface area contributed by atoms with Crippen LogP contribution in [0.3, 0.4) is 0 Å². The van der Waals surface area contributed by atoms with Crippen molar-refractivity contribution in [3.8, 4) is 0 Å². The zero-order valence-electron chi connectivity index (χ0n) is 8.03. The summed E-state index contributed by atoms with van der Waals surface area (Å²) in [6, 6.07) is 0. The average molecular weight is 409 g/mol. The highest BCUT2D eigenvalue weighted by Crippen LogP contribution is 2.12. The van der Waals surface area contributed by atoms with Gasteiger partial charge in [0.15, 0.2) is 4.35 Å². The van der Waals surface area contributed by atoms with Gasteiger partial charge in [0.2, 0.25) is 0 Å². The predicted octanol–water partition coefficient (Wildman–Crippen LogP) is -0.859. The van der Waals surface area contributed by atoms with Crippen LogP contribution >= 0.6 is 53.1 Å². The summed E-state index contributed by atoms with van der Waals surface area (Å²) < 4.78 is 0.941. The molecule has 57 valence electrons. The topological polar surface area (TPSA) is 0 Å². The maximum absolute atomic E-state index is 5.46. The Morgan fingerprint density at radius 2 is 1.86 bits per heavy atom. The fraction of sp³-hybridized carbons (Fsp3) is 1.00. The molecule has 13 heteroatoms. The molecular formula is CH4B10I2P. The van der Waals surface area contributed by atoms with Crippen LogP contribution in [0.5, 0.6) is 0 Å². The maximum atomic E-state index is 5.46. The fourth-order valence-electron chi connectivity index (χ4n) is 0.632. The Kier molecular flexibility index (Phi) is 14.2. The first-order valence-electron chi connectivity index (χ1n) is 4.26. The summed E-state index contributed by atoms with van der Waals surface area (Å²) in [6.07, 6.45) is 0. The SMILES string of the molecule is [B][B]B(I)B(I)[B]P[B][B][B][B][B]C. The highest BCUT2D eigenvalue weighted by molar-refractivity contribution is 14.2. The third-order valence-electron chi connectivity index (χ3n) is 1.35. The molecule has 0 aliphatic heterocycles. The lowest BCUT2D eigenvalue weighted by Crippen LogP contribution is -2.35. The monoisotopic (exact) mass is 411 g/mol. The Labute approximate surface area is 124 Å². The van der Waals surface area contributed by atoms with Crippen LogP contribution in [-0.2, 0) is 0 Å². The van der Waals surface area contributed by atoms with E-state index in [1.54, 1.807) is 7.06 Å². The number of halogens is 2. The lowest BCUT2D eigenvalue weighted by molar-refractivity contribution is 2.37. The van der Waals surface area contributed by atoms with E-state index in [9.17, 15) is 0 Å². The van der Waals surface area contributed by atoms with Gasteiger partial charge in [0.25, 0.3) is 0 Å². The van der Waals surface area contributed by atoms with Gasteiger partial charge in [-0.05, 0) is 0 Å². The van der Waals surface area contributed by atoms with Gasteiger partial charge >= 0.3 is 0 Å². The molecule has 0 aliphatic carbocycles. The second-order valence-corrected chi connectivity index (χ2v) is 6.37. The minimum absolute atomic E-state index is 0.425. The molecule has 0 saturated heterocycles. The van der Waals surface area contributed by atoms with Crippen molar-refractivity contribution in [2.45, 2.75) is 6.82 Å². The number of hydrogen-bond donors (Lipinski definition) is 0. The van der Waals surface area contributed by atoms with Gasteiger partial charge in [0, 0.05) is 36.0 Å². The second-order valence-electron chi connectivity index (χ2n) is 2.49. The Morgan fingerprint density at radius 1 is 1.14 bits per heavy atom. The van der Waals surface area contributed by atoms with Crippen LogP contribution in [0.15, 0.2) is 0 Å². The first kappa shape index (κ1) is 16.5. The van der Waals surface area contributed by atoms with Gasteiger partial charge in [-0.2, -0.15) is 44.7 Å². The Balaban J connectivity index is 3.18. The van der Waals surface area contributed by atoms with Gasteiger partial charge in [-0.25, -0.2) is 8.34 Å². The molecule has 0 rings (SSSR count). The summed E-state index contributed by atoms with van der Waals surface area (Å²) in [6.45, 7) is 6.48. The molecule has 1 atom stereocenters. The van der Waals surface area contributed by atoms with Crippen LogP contribution in [-0.4, -0.2) is 65.6 Å². The molecule has 0 amide bonds. The van der Waals surface area contributed by atoms with Crippen molar-refractivity contribution < 1.29 is 0 Å². The van der Waals surface area contributed by atoms with Crippen molar-refractivity contribution in [3.63, 3.8) is 0 Å². The molecular weight excluding hydrogens is 405 g/mol. The van der Waals surface area contributed by atoms with E-state index < -0.39 is 0 Å². The van der Waals surface area contributed by atoms with E-state index in [2.05, 4.69) is 65.6 Å². The summed E-state index contributed by atoms with van der Waals surface area (Å²) >= 11 is 4.76. The normalized spacial score (nSPS) is 9.07. The maximum Gasteiger partial charge on any atom is 0.158 e. The zero-order valence-corrected chi connectivity index (χ0v) is 13.3. The Bertz CT molecular complexity index is 125. The van der Waals surface area contributed by atoms with E-state index in [1.165, 1.54) is 0 Å². The molecule has 0 spiro atoms. The minimum Gasteiger partial charge on any atom is -0.218 e. The molecule has 0 bridgehead atoms. The van der Waals surface area contributed by atoms with Gasteiger partial charge in [-0.3, -0.25) is 0 Å². The summed E-state index contributed by atoms with van der Waals surface area (Å²) in [7, 11) is 16.1. The third-order valence-corrected chi connectivity index (χ3v) is 6.67. The molecule has 0 N–H and O–H groups in total. The molecule has 14 heavy (non-hydrogen) atoms. The molecule has 0 aromatic carbocycles. The fourth-order valence-corrected chi connectivity index (χ4v) is 2.82. The van der Waals surface area contributed by atoms with Crippen LogP contribution in [0.1, 0.15) is 0 Å². The first-order valence-corrected chi connectivity index (χ1v) is 7.90. The quantitative estimate of drug-likeness (QED) is 0.202. The Morgan fingerprint density at radius 3 is 2.43 bits per heavy atom. The summed E-state index contributed by atoms with van der Waals surface area (Å²) in [5.41, 5.74) is 0. The van der Waals surface area contributed by atoms with E-state index in [4.69, 9.17) is 7.74 Å². The van der Waals surface area contributed by atoms with Crippen molar-refractivity contribution in [2.75, 3.05) is 0 Å². The first-order chi connectivity index (χ1) is 6.72. The van der Waals surface area contributed by atoms with Gasteiger partial charge in [0.05, 0.1) is 14.1 Å². The highest BCUT2D eigenvalue weighted by atomic mass is 127. The molecule has 0 heterocycles. The van der Waals surface area contributed by atoms with Gasteiger partial charge in [0.1, 0.15) is 11.2 Å². The molecule has 0 aromatic rings. The van der Waals surface area contributed by atoms with E-state index >= 15 is 0 Å². The van der Waals surface area contributed by atoms with Gasteiger partial charge in [-0.15, -0.1) is 6.82 Å². The number of hydrogen-bond acceptors (Lipinski definition) is 0. The van der Waals surface area contributed by atoms with Crippen LogP contribution in [0.25, 0.3) is 0 Å². The average Bonchev–Trinajstić information content (AvgIpc) is 2.21. The van der Waals surface area contributed by atoms with Crippen molar-refractivity contribution in [1.82, 2.24) is 0 Å². The highest BCUT2D eigenvalue weighted by Gasteiger charge is 2.20. The molecule has 9 radical (unpaired) electrons. The van der Waals surface area contributed by atoms with Crippen molar-refractivity contribution >= 4 is 119 Å². The zero-order chi connectivity index (χ0) is 10.8. The van der Waals surface area contributed by atoms with E-state index in [0.717, 1.165) is 8.34 Å². The lowest BCUT2D eigenvalue weighted by Gasteiger charge is -2.07. The van der Waals surface area contributed by atoms with Crippen molar-refractivity contribution in [3.05, 3.63) is 0 Å². The van der Waals surface area contributed by atoms with E-state index in [0.29, 0.717) is 8.70 Å². The van der Waals surface area contributed by atoms with Crippen LogP contribution < -0.4 is 0 Å². The third kappa shape index (κ3) is 9.74. The smallest absolute Gasteiger partial charge is 0.158 e. The summed E-state index contributed by atoms with van der Waals surface area (Å²) in [4.78, 5) is 0. The van der Waals surface area contributed by atoms with Gasteiger partial charge in [-0.1, -0.05) is 0 Å². The molecule has 1 unspecified atom stereocenters. The van der Waals surface area contributed by atoms with Crippen molar-refractivity contribution in [1.29, 1.82) is 0 Å². The summed E-state index contributed by atoms with van der Waals surface area (Å²) in [5, 5.41) is 0. The van der Waals surface area contributed by atoms with Crippen molar-refractivity contribution in [2.24, 2.45) is 0 Å². The number of rotatable bonds is 9. The summed E-state index contributed by atoms with van der Waals surface area (Å²) in [5.74, 6) is 0. The Hall–Kier alpha value is 2.54. The van der Waals surface area contributed by atoms with Gasteiger partial charge < -0.3 is 0 Å². The standard InChI is InChI=1S/CH4B10I2P/c1-3-5-6-7-8-14-9-11(13)10(12)4-2/h14H,1H3. The van der Waals surface area contributed by atoms with E-state index in [1.807, 2.05) is 28.1 Å². The minimum atomic E-state index is 0.425. The molecule has 0 nitrogen and oxygen atoms in total. The van der Waals surface area contributed by atoms with Crippen LogP contribution in [0, 0.1) is 0 Å². The lowest BCUT2D eigenvalue weighted by atomic mass is 9.04. The predicted molar refractivity (Wildman–Crippen MR) is 99.8 cm³/mol. The van der Waals surface area contributed by atoms with Crippen LogP contribution in [0.4, 0.5) is 0 Å².